The summed E-state index contributed by atoms with van der Waals surface area (Å²) >= 11 is 0. The van der Waals surface area contributed by atoms with Crippen LogP contribution in [0.2, 0.25) is 6.82 Å². The first kappa shape index (κ1) is 8.58. The second-order valence-electron chi connectivity index (χ2n) is 3.50. The minimum atomic E-state index is 0.472. The first-order valence-electron chi connectivity index (χ1n) is 4.71. The lowest BCUT2D eigenvalue weighted by Crippen LogP contribution is -2.12. The van der Waals surface area contributed by atoms with Crippen molar-refractivity contribution in [3.8, 4) is 0 Å². The van der Waals surface area contributed by atoms with Crippen LogP contribution in [0.4, 0.5) is 0 Å². The lowest BCUT2D eigenvalue weighted by molar-refractivity contribution is 0.453. The summed E-state index contributed by atoms with van der Waals surface area (Å²) in [5.41, 5.74) is 1.26. The van der Waals surface area contributed by atoms with E-state index in [2.05, 4.69) is 43.1 Å². The number of hydrogen-bond acceptors (Lipinski definition) is 1. The van der Waals surface area contributed by atoms with E-state index < -0.39 is 0 Å². The van der Waals surface area contributed by atoms with Crippen molar-refractivity contribution in [2.24, 2.45) is 0 Å². The van der Waals surface area contributed by atoms with Crippen LogP contribution in [0.15, 0.2) is 36.3 Å². The highest BCUT2D eigenvalue weighted by Crippen LogP contribution is 2.14. The lowest BCUT2D eigenvalue weighted by Gasteiger charge is -1.95. The van der Waals surface area contributed by atoms with Crippen LogP contribution < -0.4 is 0 Å². The van der Waals surface area contributed by atoms with E-state index in [0.29, 0.717) is 12.7 Å². The zero-order valence-electron chi connectivity index (χ0n) is 7.81. The molecule has 0 radical (unpaired) electrons. The Kier molecular flexibility index (Phi) is 2.50. The van der Waals surface area contributed by atoms with Gasteiger partial charge in [0.05, 0.1) is 12.6 Å². The van der Waals surface area contributed by atoms with Gasteiger partial charge in [-0.2, -0.15) is 0 Å². The standard InChI is InChI=1S/C11H13BO/c1-12(11-9-13-11)8-7-10-5-3-2-4-6-10/h2-8,11H,9H2,1H3/b8-7+. The highest BCUT2D eigenvalue weighted by Gasteiger charge is 2.29. The minimum absolute atomic E-state index is 0.472. The van der Waals surface area contributed by atoms with Gasteiger partial charge in [-0.15, -0.1) is 5.98 Å². The lowest BCUT2D eigenvalue weighted by atomic mass is 9.49. The van der Waals surface area contributed by atoms with Gasteiger partial charge in [0.15, 0.2) is 0 Å². The highest BCUT2D eigenvalue weighted by atomic mass is 16.6. The molecular formula is C11H13BO. The summed E-state index contributed by atoms with van der Waals surface area (Å²) in [5.74, 6) is 2.22. The third kappa shape index (κ3) is 2.46. The molecule has 1 aromatic rings. The third-order valence-corrected chi connectivity index (χ3v) is 2.34. The Labute approximate surface area is 79.5 Å². The predicted octanol–water partition coefficient (Wildman–Crippen LogP) is 2.30. The summed E-state index contributed by atoms with van der Waals surface area (Å²) < 4.78 is 5.21. The maximum absolute atomic E-state index is 5.21. The van der Waals surface area contributed by atoms with Crippen molar-refractivity contribution in [1.29, 1.82) is 0 Å². The van der Waals surface area contributed by atoms with E-state index in [1.807, 2.05) is 6.07 Å². The predicted molar refractivity (Wildman–Crippen MR) is 56.8 cm³/mol. The van der Waals surface area contributed by atoms with Crippen LogP contribution in [0, 0.1) is 0 Å². The summed E-state index contributed by atoms with van der Waals surface area (Å²) in [6, 6.07) is 10.8. The Morgan fingerprint density at radius 3 is 2.69 bits per heavy atom. The number of benzene rings is 1. The van der Waals surface area contributed by atoms with Crippen LogP contribution in [0.1, 0.15) is 5.56 Å². The van der Waals surface area contributed by atoms with Gasteiger partial charge in [0.2, 0.25) is 6.71 Å². The molecule has 1 unspecified atom stereocenters. The molecular weight excluding hydrogens is 159 g/mol. The maximum atomic E-state index is 5.21. The van der Waals surface area contributed by atoms with E-state index in [1.165, 1.54) is 5.56 Å². The van der Waals surface area contributed by atoms with Crippen LogP contribution in [-0.4, -0.2) is 19.3 Å². The van der Waals surface area contributed by atoms with Crippen molar-refractivity contribution in [1.82, 2.24) is 0 Å². The van der Waals surface area contributed by atoms with Gasteiger partial charge in [-0.1, -0.05) is 43.2 Å². The molecule has 0 amide bonds. The average Bonchev–Trinajstić information content (AvgIpc) is 2.99. The first-order chi connectivity index (χ1) is 6.36. The molecule has 1 saturated heterocycles. The second kappa shape index (κ2) is 3.80. The van der Waals surface area contributed by atoms with Gasteiger partial charge in [-0.05, 0) is 5.56 Å². The van der Waals surface area contributed by atoms with Crippen molar-refractivity contribution in [2.45, 2.75) is 12.8 Å². The summed E-state index contributed by atoms with van der Waals surface area (Å²) in [7, 11) is 0. The largest absolute Gasteiger partial charge is 0.382 e. The second-order valence-corrected chi connectivity index (χ2v) is 3.50. The quantitative estimate of drug-likeness (QED) is 0.503. The molecule has 1 fully saturated rings. The van der Waals surface area contributed by atoms with Gasteiger partial charge >= 0.3 is 0 Å². The summed E-state index contributed by atoms with van der Waals surface area (Å²) in [4.78, 5) is 0. The van der Waals surface area contributed by atoms with Crippen molar-refractivity contribution in [3.63, 3.8) is 0 Å². The molecule has 0 spiro atoms. The number of ether oxygens (including phenoxy) is 1. The van der Waals surface area contributed by atoms with Gasteiger partial charge in [-0.25, -0.2) is 0 Å². The number of rotatable bonds is 3. The van der Waals surface area contributed by atoms with Gasteiger partial charge in [0.25, 0.3) is 0 Å². The molecule has 1 heterocycles. The van der Waals surface area contributed by atoms with Crippen molar-refractivity contribution < 1.29 is 4.74 Å². The molecule has 2 rings (SSSR count). The first-order valence-corrected chi connectivity index (χ1v) is 4.71. The van der Waals surface area contributed by atoms with Crippen molar-refractivity contribution in [2.75, 3.05) is 6.61 Å². The topological polar surface area (TPSA) is 12.5 Å². The monoisotopic (exact) mass is 172 g/mol. The molecule has 13 heavy (non-hydrogen) atoms. The van der Waals surface area contributed by atoms with Crippen LogP contribution in [0.3, 0.4) is 0 Å². The van der Waals surface area contributed by atoms with Crippen LogP contribution >= 0.6 is 0 Å². The SMILES string of the molecule is CB(/C=C/c1ccccc1)C1CO1. The van der Waals surface area contributed by atoms with E-state index >= 15 is 0 Å². The normalized spacial score (nSPS) is 20.5. The average molecular weight is 172 g/mol. The summed E-state index contributed by atoms with van der Waals surface area (Å²) in [5, 5.41) is 0. The fraction of sp³-hybridized carbons (Fsp3) is 0.273. The van der Waals surface area contributed by atoms with Crippen LogP contribution in [0.25, 0.3) is 6.08 Å². The molecule has 2 heteroatoms. The minimum Gasteiger partial charge on any atom is -0.382 e. The molecule has 0 bridgehead atoms. The molecule has 0 N–H and O–H groups in total. The van der Waals surface area contributed by atoms with E-state index in [0.717, 1.165) is 6.61 Å². The van der Waals surface area contributed by atoms with Crippen LogP contribution in [0.5, 0.6) is 0 Å². The molecule has 1 aromatic carbocycles. The molecule has 1 aliphatic rings. The maximum Gasteiger partial charge on any atom is 0.200 e. The Morgan fingerprint density at radius 1 is 1.38 bits per heavy atom. The van der Waals surface area contributed by atoms with E-state index in [1.54, 1.807) is 0 Å². The molecule has 1 nitrogen and oxygen atoms in total. The Morgan fingerprint density at radius 2 is 2.08 bits per heavy atom. The highest BCUT2D eigenvalue weighted by molar-refractivity contribution is 6.65. The van der Waals surface area contributed by atoms with Gasteiger partial charge in [-0.3, -0.25) is 0 Å². The molecule has 1 aliphatic heterocycles. The fourth-order valence-electron chi connectivity index (χ4n) is 1.31. The van der Waals surface area contributed by atoms with E-state index in [9.17, 15) is 0 Å². The van der Waals surface area contributed by atoms with Crippen molar-refractivity contribution in [3.05, 3.63) is 41.9 Å². The number of hydrogen-bond donors (Lipinski definition) is 0. The third-order valence-electron chi connectivity index (χ3n) is 2.34. The van der Waals surface area contributed by atoms with Crippen LogP contribution in [-0.2, 0) is 4.74 Å². The molecule has 0 aromatic heterocycles. The van der Waals surface area contributed by atoms with Gasteiger partial charge in [0.1, 0.15) is 0 Å². The molecule has 66 valence electrons. The Hall–Kier alpha value is -1.02. The molecule has 1 atom stereocenters. The van der Waals surface area contributed by atoms with E-state index in [4.69, 9.17) is 4.74 Å². The molecule has 0 aliphatic carbocycles. The van der Waals surface area contributed by atoms with Crippen molar-refractivity contribution >= 4 is 12.8 Å². The number of epoxide rings is 1. The Balaban J connectivity index is 1.96. The summed E-state index contributed by atoms with van der Waals surface area (Å²) in [6.07, 6.45) is 2.16. The zero-order valence-corrected chi connectivity index (χ0v) is 7.81. The molecule has 0 saturated carbocycles. The van der Waals surface area contributed by atoms with E-state index in [-0.39, 0.29) is 0 Å². The summed E-state index contributed by atoms with van der Waals surface area (Å²) in [6.45, 7) is 3.66. The Bertz CT molecular complexity index is 290. The smallest absolute Gasteiger partial charge is 0.200 e. The van der Waals surface area contributed by atoms with Gasteiger partial charge < -0.3 is 4.74 Å². The van der Waals surface area contributed by atoms with Gasteiger partial charge in [0, 0.05) is 0 Å². The fourth-order valence-corrected chi connectivity index (χ4v) is 1.31. The zero-order chi connectivity index (χ0) is 9.10.